The molecule has 0 radical (unpaired) electrons. The molecule has 6 heteroatoms. The predicted molar refractivity (Wildman–Crippen MR) is 46.0 cm³/mol. The minimum absolute atomic E-state index is 0.0415. The summed E-state index contributed by atoms with van der Waals surface area (Å²) < 4.78 is 13.4. The molecule has 15 heavy (non-hydrogen) atoms. The number of methoxy groups -OCH3 is 1. The van der Waals surface area contributed by atoms with Crippen LogP contribution in [0.1, 0.15) is 6.42 Å². The summed E-state index contributed by atoms with van der Waals surface area (Å²) in [7, 11) is 1.11. The summed E-state index contributed by atoms with van der Waals surface area (Å²) in [5, 5.41) is 0. The fraction of sp³-hybridized carbons (Fsp3) is 0.222. The number of ether oxygens (including phenoxy) is 3. The van der Waals surface area contributed by atoms with E-state index in [1.807, 2.05) is 0 Å². The molecule has 0 unspecified atom stereocenters. The summed E-state index contributed by atoms with van der Waals surface area (Å²) in [4.78, 5) is 33.1. The molecule has 1 heterocycles. The summed E-state index contributed by atoms with van der Waals surface area (Å²) in [6, 6.07) is 0. The van der Waals surface area contributed by atoms with Gasteiger partial charge in [-0.1, -0.05) is 6.58 Å². The molecular weight excluding hydrogens is 204 g/mol. The van der Waals surface area contributed by atoms with Crippen molar-refractivity contribution in [3.05, 3.63) is 24.2 Å². The van der Waals surface area contributed by atoms with Gasteiger partial charge < -0.3 is 14.2 Å². The Morgan fingerprint density at radius 2 is 2.20 bits per heavy atom. The molecular formula is C9H8O6. The average molecular weight is 212 g/mol. The van der Waals surface area contributed by atoms with E-state index in [2.05, 4.69) is 20.8 Å². The van der Waals surface area contributed by atoms with E-state index >= 15 is 0 Å². The molecule has 0 spiro atoms. The number of esters is 3. The number of carbonyl (C=O) groups excluding carboxylic acids is 3. The maximum Gasteiger partial charge on any atom is 0.377 e. The number of rotatable bonds is 1. The van der Waals surface area contributed by atoms with Crippen LogP contribution >= 0.6 is 0 Å². The summed E-state index contributed by atoms with van der Waals surface area (Å²) >= 11 is 0. The molecule has 0 saturated heterocycles. The Morgan fingerprint density at radius 3 is 2.80 bits per heavy atom. The second-order valence-corrected chi connectivity index (χ2v) is 2.63. The molecule has 0 aliphatic carbocycles. The van der Waals surface area contributed by atoms with E-state index in [0.717, 1.165) is 13.4 Å². The van der Waals surface area contributed by atoms with E-state index < -0.39 is 23.7 Å². The smallest absolute Gasteiger partial charge is 0.377 e. The molecule has 1 aliphatic heterocycles. The molecule has 0 saturated carbocycles. The van der Waals surface area contributed by atoms with E-state index in [9.17, 15) is 14.4 Å². The van der Waals surface area contributed by atoms with Gasteiger partial charge in [0.25, 0.3) is 5.76 Å². The van der Waals surface area contributed by atoms with Crippen LogP contribution in [0.2, 0.25) is 0 Å². The molecule has 0 atom stereocenters. The predicted octanol–water partition coefficient (Wildman–Crippen LogP) is 0.0471. The number of hydrogen-bond donors (Lipinski definition) is 0. The van der Waals surface area contributed by atoms with E-state index in [4.69, 9.17) is 0 Å². The van der Waals surface area contributed by atoms with Gasteiger partial charge in [-0.05, 0) is 0 Å². The highest BCUT2D eigenvalue weighted by Gasteiger charge is 2.23. The lowest BCUT2D eigenvalue weighted by atomic mass is 10.2. The quantitative estimate of drug-likeness (QED) is 0.347. The fourth-order valence-electron chi connectivity index (χ4n) is 0.810. The maximum atomic E-state index is 11.1. The third-order valence-corrected chi connectivity index (χ3v) is 1.53. The van der Waals surface area contributed by atoms with Crippen molar-refractivity contribution in [3.63, 3.8) is 0 Å². The molecule has 0 amide bonds. The molecule has 1 aliphatic rings. The summed E-state index contributed by atoms with van der Waals surface area (Å²) in [6.45, 7) is 3.32. The highest BCUT2D eigenvalue weighted by molar-refractivity contribution is 5.97. The molecule has 80 valence electrons. The first-order valence-electron chi connectivity index (χ1n) is 3.92. The maximum absolute atomic E-state index is 11.1. The minimum Gasteiger partial charge on any atom is -0.463 e. The van der Waals surface area contributed by atoms with Crippen LogP contribution in [0.25, 0.3) is 0 Å². The van der Waals surface area contributed by atoms with Crippen LogP contribution in [0.15, 0.2) is 24.2 Å². The third kappa shape index (κ3) is 2.67. The van der Waals surface area contributed by atoms with Crippen LogP contribution in [0.5, 0.6) is 0 Å². The molecule has 0 aromatic heterocycles. The van der Waals surface area contributed by atoms with Gasteiger partial charge in [0.15, 0.2) is 0 Å². The first-order valence-corrected chi connectivity index (χ1v) is 3.92. The highest BCUT2D eigenvalue weighted by atomic mass is 16.6. The Hall–Kier alpha value is -2.11. The van der Waals surface area contributed by atoms with Crippen molar-refractivity contribution in [1.82, 2.24) is 0 Å². The zero-order valence-corrected chi connectivity index (χ0v) is 7.94. The van der Waals surface area contributed by atoms with Crippen molar-refractivity contribution >= 4 is 17.9 Å². The van der Waals surface area contributed by atoms with Gasteiger partial charge in [-0.2, -0.15) is 0 Å². The van der Waals surface area contributed by atoms with Crippen LogP contribution in [0.3, 0.4) is 0 Å². The monoisotopic (exact) mass is 212 g/mol. The molecule has 0 bridgehead atoms. The summed E-state index contributed by atoms with van der Waals surface area (Å²) in [5.41, 5.74) is -0.0415. The third-order valence-electron chi connectivity index (χ3n) is 1.53. The van der Waals surface area contributed by atoms with Crippen LogP contribution in [0, 0.1) is 0 Å². The minimum atomic E-state index is -0.899. The van der Waals surface area contributed by atoms with Gasteiger partial charge >= 0.3 is 17.9 Å². The second kappa shape index (κ2) is 4.41. The fourth-order valence-corrected chi connectivity index (χ4v) is 0.810. The summed E-state index contributed by atoms with van der Waals surface area (Å²) in [5.74, 6) is -2.92. The van der Waals surface area contributed by atoms with Crippen LogP contribution in [0.4, 0.5) is 0 Å². The van der Waals surface area contributed by atoms with Crippen LogP contribution in [-0.2, 0) is 28.6 Å². The van der Waals surface area contributed by atoms with Gasteiger partial charge in [-0.15, -0.1) is 0 Å². The van der Waals surface area contributed by atoms with Gasteiger partial charge in [0.05, 0.1) is 13.5 Å². The van der Waals surface area contributed by atoms with Gasteiger partial charge in [0, 0.05) is 5.57 Å². The van der Waals surface area contributed by atoms with Crippen molar-refractivity contribution in [3.8, 4) is 0 Å². The molecule has 1 rings (SSSR count). The largest absolute Gasteiger partial charge is 0.463 e. The normalized spacial score (nSPS) is 20.3. The Kier molecular flexibility index (Phi) is 3.22. The van der Waals surface area contributed by atoms with E-state index in [1.54, 1.807) is 0 Å². The highest BCUT2D eigenvalue weighted by Crippen LogP contribution is 2.12. The lowest BCUT2D eigenvalue weighted by Gasteiger charge is -2.10. The average Bonchev–Trinajstić information content (AvgIpc) is 2.20. The lowest BCUT2D eigenvalue weighted by Crippen LogP contribution is -2.19. The topological polar surface area (TPSA) is 78.9 Å². The Bertz CT molecular complexity index is 365. The van der Waals surface area contributed by atoms with E-state index in [1.165, 1.54) is 0 Å². The van der Waals surface area contributed by atoms with Gasteiger partial charge in [-0.3, -0.25) is 4.79 Å². The SMILES string of the molecule is C=C1CC(=O)O/C(C(=O)OC)=C\OC1=O. The zero-order chi connectivity index (χ0) is 11.4. The first kappa shape index (κ1) is 11.0. The van der Waals surface area contributed by atoms with Gasteiger partial charge in [0.2, 0.25) is 0 Å². The van der Waals surface area contributed by atoms with Crippen LogP contribution < -0.4 is 0 Å². The first-order chi connectivity index (χ1) is 7.04. The summed E-state index contributed by atoms with van der Waals surface area (Å²) in [6.07, 6.45) is 0.392. The Morgan fingerprint density at radius 1 is 1.53 bits per heavy atom. The number of carbonyl (C=O) groups is 3. The molecule has 0 aromatic rings. The molecule has 0 aromatic carbocycles. The van der Waals surface area contributed by atoms with Gasteiger partial charge in [0.1, 0.15) is 6.26 Å². The van der Waals surface area contributed by atoms with Crippen LogP contribution in [-0.4, -0.2) is 25.0 Å². The molecule has 0 fully saturated rings. The second-order valence-electron chi connectivity index (χ2n) is 2.63. The Balaban J connectivity index is 2.91. The molecule has 6 nitrogen and oxygen atoms in total. The van der Waals surface area contributed by atoms with Crippen molar-refractivity contribution in [1.29, 1.82) is 0 Å². The van der Waals surface area contributed by atoms with E-state index in [-0.39, 0.29) is 12.0 Å². The van der Waals surface area contributed by atoms with E-state index in [0.29, 0.717) is 0 Å². The van der Waals surface area contributed by atoms with Crippen molar-refractivity contribution in [2.45, 2.75) is 6.42 Å². The standard InChI is InChI=1S/C9H8O6/c1-5-3-7(10)15-6(9(12)13-2)4-14-8(5)11/h4H,1,3H2,2H3/b6-4-. The van der Waals surface area contributed by atoms with Crippen molar-refractivity contribution in [2.24, 2.45) is 0 Å². The number of hydrogen-bond acceptors (Lipinski definition) is 6. The van der Waals surface area contributed by atoms with Gasteiger partial charge in [-0.25, -0.2) is 9.59 Å². The lowest BCUT2D eigenvalue weighted by molar-refractivity contribution is -0.152. The molecule has 0 N–H and O–H groups in total. The van der Waals surface area contributed by atoms with Crippen molar-refractivity contribution in [2.75, 3.05) is 7.11 Å². The Labute approximate surface area is 85.1 Å². The zero-order valence-electron chi connectivity index (χ0n) is 7.94. The number of cyclic esters (lactones) is 2. The van der Waals surface area contributed by atoms with Crippen molar-refractivity contribution < 1.29 is 28.6 Å².